The van der Waals surface area contributed by atoms with Crippen molar-refractivity contribution in [1.82, 2.24) is 24.1 Å². The van der Waals surface area contributed by atoms with E-state index in [4.69, 9.17) is 0 Å². The number of rotatable bonds is 7. The first-order valence-corrected chi connectivity index (χ1v) is 9.42. The first-order chi connectivity index (χ1) is 11.9. The smallest absolute Gasteiger partial charge is 0.257 e. The van der Waals surface area contributed by atoms with Crippen molar-refractivity contribution >= 4 is 10.0 Å². The first kappa shape index (κ1) is 18.0. The van der Waals surface area contributed by atoms with Gasteiger partial charge in [-0.2, -0.15) is 9.40 Å². The Bertz CT molecular complexity index is 770. The average Bonchev–Trinajstić information content (AvgIpc) is 3.19. The fraction of sp³-hybridized carbons (Fsp3) is 0.571. The minimum atomic E-state index is -3.43. The van der Waals surface area contributed by atoms with E-state index in [0.717, 1.165) is 5.56 Å². The monoisotopic (exact) mass is 375 g/mol. The van der Waals surface area contributed by atoms with E-state index in [1.165, 1.54) is 21.3 Å². The second-order valence-corrected chi connectivity index (χ2v) is 7.85. The highest BCUT2D eigenvalue weighted by Crippen LogP contribution is 2.14. The summed E-state index contributed by atoms with van der Waals surface area (Å²) in [6.45, 7) is 2.03. The molecule has 2 aromatic rings. The maximum atomic E-state index is 12.4. The molecule has 138 valence electrons. The zero-order valence-electron chi connectivity index (χ0n) is 13.5. The highest BCUT2D eigenvalue weighted by Gasteiger charge is 2.28. The van der Waals surface area contributed by atoms with Crippen molar-refractivity contribution in [1.29, 1.82) is 0 Å². The number of alkyl halides is 2. The van der Waals surface area contributed by atoms with Crippen molar-refractivity contribution in [3.05, 3.63) is 36.0 Å². The van der Waals surface area contributed by atoms with Gasteiger partial charge in [0.2, 0.25) is 10.0 Å². The van der Waals surface area contributed by atoms with Crippen molar-refractivity contribution < 1.29 is 21.7 Å². The summed E-state index contributed by atoms with van der Waals surface area (Å²) < 4.78 is 56.7. The zero-order valence-corrected chi connectivity index (χ0v) is 14.3. The molecule has 11 heteroatoms. The minimum absolute atomic E-state index is 0.177. The number of halogens is 2. The van der Waals surface area contributed by atoms with Crippen LogP contribution in [0.4, 0.5) is 8.78 Å². The van der Waals surface area contributed by atoms with Gasteiger partial charge in [-0.3, -0.25) is 9.58 Å². The highest BCUT2D eigenvalue weighted by atomic mass is 32.2. The Hall–Kier alpha value is -1.85. The van der Waals surface area contributed by atoms with Crippen LogP contribution in [0, 0.1) is 0 Å². The fourth-order valence-corrected chi connectivity index (χ4v) is 4.17. The molecule has 3 rings (SSSR count). The van der Waals surface area contributed by atoms with Crippen LogP contribution in [-0.4, -0.2) is 65.2 Å². The highest BCUT2D eigenvalue weighted by molar-refractivity contribution is 7.88. The molecule has 0 saturated carbocycles. The van der Waals surface area contributed by atoms with E-state index in [9.17, 15) is 17.2 Å². The van der Waals surface area contributed by atoms with Gasteiger partial charge in [-0.1, -0.05) is 5.16 Å². The molecule has 1 fully saturated rings. The summed E-state index contributed by atoms with van der Waals surface area (Å²) in [6.07, 6.45) is 2.07. The molecule has 0 atom stereocenters. The van der Waals surface area contributed by atoms with Crippen LogP contribution in [0.5, 0.6) is 0 Å². The molecule has 2 aromatic heterocycles. The first-order valence-electron chi connectivity index (χ1n) is 7.81. The van der Waals surface area contributed by atoms with Crippen LogP contribution in [0.25, 0.3) is 0 Å². The second-order valence-electron chi connectivity index (χ2n) is 5.88. The van der Waals surface area contributed by atoms with Gasteiger partial charge in [0.1, 0.15) is 18.6 Å². The van der Waals surface area contributed by atoms with Gasteiger partial charge < -0.3 is 4.52 Å². The summed E-state index contributed by atoms with van der Waals surface area (Å²) in [4.78, 5) is 2.08. The summed E-state index contributed by atoms with van der Waals surface area (Å²) in [5.41, 5.74) is 1.22. The molecule has 1 aliphatic heterocycles. The molecule has 1 aliphatic rings. The third-order valence-electron chi connectivity index (χ3n) is 3.96. The zero-order chi connectivity index (χ0) is 17.9. The van der Waals surface area contributed by atoms with Gasteiger partial charge >= 0.3 is 0 Å². The van der Waals surface area contributed by atoms with Crippen molar-refractivity contribution in [3.8, 4) is 0 Å². The van der Waals surface area contributed by atoms with Crippen molar-refractivity contribution in [2.24, 2.45) is 0 Å². The van der Waals surface area contributed by atoms with E-state index >= 15 is 0 Å². The average molecular weight is 375 g/mol. The number of nitrogens with zero attached hydrogens (tertiary/aromatic N) is 5. The lowest BCUT2D eigenvalue weighted by Crippen LogP contribution is -2.48. The Kier molecular flexibility index (Phi) is 5.45. The summed E-state index contributed by atoms with van der Waals surface area (Å²) in [5, 5.41) is 7.54. The van der Waals surface area contributed by atoms with E-state index in [1.807, 2.05) is 0 Å². The topological polar surface area (TPSA) is 84.5 Å². The number of hydrogen-bond donors (Lipinski definition) is 0. The van der Waals surface area contributed by atoms with Gasteiger partial charge in [0, 0.05) is 50.6 Å². The molecule has 0 aliphatic carbocycles. The molecule has 0 amide bonds. The lowest BCUT2D eigenvalue weighted by molar-refractivity contribution is 0.121. The van der Waals surface area contributed by atoms with E-state index in [-0.39, 0.29) is 5.75 Å². The maximum absolute atomic E-state index is 12.4. The van der Waals surface area contributed by atoms with E-state index in [2.05, 4.69) is 19.7 Å². The molecule has 3 heterocycles. The van der Waals surface area contributed by atoms with E-state index in [0.29, 0.717) is 38.4 Å². The molecular formula is C14H19F2N5O3S. The number of sulfonamides is 1. The van der Waals surface area contributed by atoms with Crippen LogP contribution >= 0.6 is 0 Å². The fourth-order valence-electron chi connectivity index (χ4n) is 2.74. The van der Waals surface area contributed by atoms with Crippen molar-refractivity contribution in [2.75, 3.05) is 26.2 Å². The lowest BCUT2D eigenvalue weighted by Gasteiger charge is -2.33. The third kappa shape index (κ3) is 4.83. The Labute approximate surface area is 144 Å². The normalized spacial score (nSPS) is 17.4. The predicted octanol–water partition coefficient (Wildman–Crippen LogP) is 0.784. The van der Waals surface area contributed by atoms with Crippen LogP contribution in [0.2, 0.25) is 0 Å². The lowest BCUT2D eigenvalue weighted by atomic mass is 10.3. The molecule has 8 nitrogen and oxygen atoms in total. The number of aromatic nitrogens is 3. The van der Waals surface area contributed by atoms with Gasteiger partial charge in [-0.25, -0.2) is 17.2 Å². The Morgan fingerprint density at radius 3 is 2.64 bits per heavy atom. The quantitative estimate of drug-likeness (QED) is 0.711. The van der Waals surface area contributed by atoms with Crippen LogP contribution in [0.15, 0.2) is 29.2 Å². The minimum Gasteiger partial charge on any atom is -0.364 e. The third-order valence-corrected chi connectivity index (χ3v) is 5.78. The molecule has 0 N–H and O–H groups in total. The standard InChI is InChI=1S/C14H19F2N5O3S/c15-14(16)10-20-9-12(7-17-20)8-19-2-4-21(5-3-19)25(22,23)11-13-1-6-24-18-13/h1,6-7,9,14H,2-5,8,10-11H2. The Morgan fingerprint density at radius 1 is 1.24 bits per heavy atom. The van der Waals surface area contributed by atoms with Crippen LogP contribution < -0.4 is 0 Å². The largest absolute Gasteiger partial charge is 0.364 e. The van der Waals surface area contributed by atoms with Gasteiger partial charge in [0.25, 0.3) is 6.43 Å². The molecule has 0 bridgehead atoms. The molecule has 1 saturated heterocycles. The van der Waals surface area contributed by atoms with Gasteiger partial charge in [0.15, 0.2) is 0 Å². The number of hydrogen-bond acceptors (Lipinski definition) is 6. The van der Waals surface area contributed by atoms with Crippen molar-refractivity contribution in [3.63, 3.8) is 0 Å². The van der Waals surface area contributed by atoms with Crippen LogP contribution in [-0.2, 0) is 28.9 Å². The van der Waals surface area contributed by atoms with Gasteiger partial charge in [-0.05, 0) is 0 Å². The molecule has 25 heavy (non-hydrogen) atoms. The molecule has 0 unspecified atom stereocenters. The van der Waals surface area contributed by atoms with E-state index in [1.54, 1.807) is 12.4 Å². The van der Waals surface area contributed by atoms with E-state index < -0.39 is 23.0 Å². The molecule has 0 spiro atoms. The van der Waals surface area contributed by atoms with Crippen LogP contribution in [0.3, 0.4) is 0 Å². The molecular weight excluding hydrogens is 356 g/mol. The molecule has 0 radical (unpaired) electrons. The van der Waals surface area contributed by atoms with Crippen molar-refractivity contribution in [2.45, 2.75) is 25.3 Å². The maximum Gasteiger partial charge on any atom is 0.257 e. The predicted molar refractivity (Wildman–Crippen MR) is 84.2 cm³/mol. The summed E-state index contributed by atoms with van der Waals surface area (Å²) >= 11 is 0. The Morgan fingerprint density at radius 2 is 2.00 bits per heavy atom. The Balaban J connectivity index is 1.50. The molecule has 0 aromatic carbocycles. The van der Waals surface area contributed by atoms with Crippen LogP contribution in [0.1, 0.15) is 11.3 Å². The number of piperazine rings is 1. The SMILES string of the molecule is O=S(=O)(Cc1ccon1)N1CCN(Cc2cnn(CC(F)F)c2)CC1. The van der Waals surface area contributed by atoms with Gasteiger partial charge in [0.05, 0.1) is 11.9 Å². The summed E-state index contributed by atoms with van der Waals surface area (Å²) in [6, 6.07) is 1.53. The summed E-state index contributed by atoms with van der Waals surface area (Å²) in [5.74, 6) is -0.177. The van der Waals surface area contributed by atoms with Gasteiger partial charge in [-0.15, -0.1) is 0 Å². The summed E-state index contributed by atoms with van der Waals surface area (Å²) in [7, 11) is -3.43. The second kappa shape index (κ2) is 7.58.